The fourth-order valence-electron chi connectivity index (χ4n) is 6.16. The number of nitrogens with one attached hydrogen (secondary N) is 1. The fourth-order valence-corrected chi connectivity index (χ4v) is 6.33. The van der Waals surface area contributed by atoms with E-state index in [1.807, 2.05) is 49.3 Å². The summed E-state index contributed by atoms with van der Waals surface area (Å²) in [5.74, 6) is -2.83. The Labute approximate surface area is 298 Å². The summed E-state index contributed by atoms with van der Waals surface area (Å²) in [6.45, 7) is 1.40. The van der Waals surface area contributed by atoms with Gasteiger partial charge in [-0.3, -0.25) is 14.4 Å². The van der Waals surface area contributed by atoms with E-state index in [9.17, 15) is 28.7 Å². The summed E-state index contributed by atoms with van der Waals surface area (Å²) < 4.78 is 15.9. The zero-order chi connectivity index (χ0) is 36.2. The van der Waals surface area contributed by atoms with Crippen LogP contribution in [-0.4, -0.2) is 87.2 Å². The lowest BCUT2D eigenvalue weighted by molar-refractivity contribution is -0.123. The number of likely N-dealkylation sites (N-methyl/N-ethyl adjacent to an activating group) is 1. The summed E-state index contributed by atoms with van der Waals surface area (Å²) >= 11 is 5.96. The first-order chi connectivity index (χ1) is 24.5. The summed E-state index contributed by atoms with van der Waals surface area (Å²) in [7, 11) is 3.87. The molecule has 1 aliphatic rings. The number of hydrogen-bond acceptors (Lipinski definition) is 7. The number of Topliss-reactive ketones (excluding diaryl/α,β-unsaturated/α-hetero) is 1. The van der Waals surface area contributed by atoms with Crippen molar-refractivity contribution in [3.05, 3.63) is 135 Å². The summed E-state index contributed by atoms with van der Waals surface area (Å²) in [6.07, 6.45) is 1.64. The van der Waals surface area contributed by atoms with Gasteiger partial charge in [0, 0.05) is 31.6 Å². The summed E-state index contributed by atoms with van der Waals surface area (Å²) in [4.78, 5) is 55.8. The van der Waals surface area contributed by atoms with Crippen molar-refractivity contribution in [2.45, 2.75) is 18.9 Å². The molecule has 4 aromatic carbocycles. The molecule has 0 radical (unpaired) electrons. The summed E-state index contributed by atoms with van der Waals surface area (Å²) in [6, 6.07) is 22.2. The molecule has 13 heteroatoms. The van der Waals surface area contributed by atoms with E-state index in [0.29, 0.717) is 36.2 Å². The molecule has 1 aromatic heterocycles. The van der Waals surface area contributed by atoms with E-state index < -0.39 is 23.7 Å². The molecule has 51 heavy (non-hydrogen) atoms. The van der Waals surface area contributed by atoms with E-state index in [0.717, 1.165) is 21.4 Å². The van der Waals surface area contributed by atoms with E-state index in [4.69, 9.17) is 11.6 Å². The Morgan fingerprint density at radius 2 is 1.67 bits per heavy atom. The minimum atomic E-state index is -1.08. The van der Waals surface area contributed by atoms with Crippen LogP contribution in [0.15, 0.2) is 91.1 Å². The lowest BCUT2D eigenvalue weighted by atomic mass is 9.83. The van der Waals surface area contributed by atoms with Crippen molar-refractivity contribution in [3.63, 3.8) is 0 Å². The number of carboxylic acid groups (broad SMARTS) is 1. The Morgan fingerprint density at radius 3 is 2.37 bits per heavy atom. The molecule has 6 rings (SSSR count). The minimum Gasteiger partial charge on any atom is -0.478 e. The lowest BCUT2D eigenvalue weighted by Crippen LogP contribution is -2.44. The van der Waals surface area contributed by atoms with Crippen LogP contribution >= 0.6 is 11.6 Å². The number of aromatic nitrogens is 3. The molecular weight excluding hydrogens is 675 g/mol. The van der Waals surface area contributed by atoms with E-state index in [-0.39, 0.29) is 46.6 Å². The molecule has 0 saturated heterocycles. The molecule has 2 amide bonds. The van der Waals surface area contributed by atoms with Gasteiger partial charge in [0.05, 0.1) is 16.8 Å². The third-order valence-corrected chi connectivity index (χ3v) is 9.05. The Bertz CT molecular complexity index is 2120. The van der Waals surface area contributed by atoms with Crippen molar-refractivity contribution in [1.82, 2.24) is 30.1 Å². The van der Waals surface area contributed by atoms with Gasteiger partial charge in [-0.25, -0.2) is 13.9 Å². The number of rotatable bonds is 11. The molecule has 0 saturated carbocycles. The van der Waals surface area contributed by atoms with Gasteiger partial charge in [-0.2, -0.15) is 0 Å². The Balaban J connectivity index is 1.33. The van der Waals surface area contributed by atoms with Crippen LogP contribution in [0.3, 0.4) is 0 Å². The molecule has 0 bridgehead atoms. The maximum absolute atomic E-state index is 14.8. The Morgan fingerprint density at radius 1 is 0.961 bits per heavy atom. The minimum absolute atomic E-state index is 0.0113. The number of nitrogens with zero attached hydrogens (tertiary/aromatic N) is 5. The van der Waals surface area contributed by atoms with Crippen LogP contribution in [0.1, 0.15) is 53.9 Å². The predicted octanol–water partition coefficient (Wildman–Crippen LogP) is 5.27. The Kier molecular flexibility index (Phi) is 10.4. The summed E-state index contributed by atoms with van der Waals surface area (Å²) in [5.41, 5.74) is 4.35. The molecule has 1 aliphatic heterocycles. The highest BCUT2D eigenvalue weighted by atomic mass is 35.5. The normalized spacial score (nSPS) is 13.9. The van der Waals surface area contributed by atoms with Gasteiger partial charge in [0.1, 0.15) is 11.7 Å². The number of carbonyl (C=O) groups excluding carboxylic acids is 3. The van der Waals surface area contributed by atoms with Crippen LogP contribution in [-0.2, 0) is 17.6 Å². The maximum Gasteiger partial charge on any atom is 0.335 e. The summed E-state index contributed by atoms with van der Waals surface area (Å²) in [5, 5.41) is 20.1. The molecule has 2 heterocycles. The zero-order valence-electron chi connectivity index (χ0n) is 27.8. The number of halogens is 2. The highest BCUT2D eigenvalue weighted by molar-refractivity contribution is 6.30. The number of amides is 2. The van der Waals surface area contributed by atoms with E-state index >= 15 is 0 Å². The molecular formula is C38H34ClFN6O5. The first kappa shape index (κ1) is 35.1. The Hall–Kier alpha value is -5.72. The molecule has 11 nitrogen and oxygen atoms in total. The zero-order valence-corrected chi connectivity index (χ0v) is 28.6. The highest BCUT2D eigenvalue weighted by Crippen LogP contribution is 2.38. The number of carboxylic acids is 1. The van der Waals surface area contributed by atoms with Gasteiger partial charge in [0.25, 0.3) is 11.8 Å². The number of aromatic carboxylic acids is 1. The third kappa shape index (κ3) is 7.57. The average Bonchev–Trinajstić information content (AvgIpc) is 3.62. The predicted molar refractivity (Wildman–Crippen MR) is 189 cm³/mol. The van der Waals surface area contributed by atoms with Gasteiger partial charge in [-0.15, -0.1) is 5.10 Å². The molecule has 2 N–H and O–H groups in total. The van der Waals surface area contributed by atoms with Crippen LogP contribution in [0.2, 0.25) is 5.02 Å². The smallest absolute Gasteiger partial charge is 0.335 e. The molecule has 1 atom stereocenters. The number of hydrogen-bond donors (Lipinski definition) is 2. The van der Waals surface area contributed by atoms with Crippen LogP contribution in [0.5, 0.6) is 0 Å². The average molecular weight is 709 g/mol. The highest BCUT2D eigenvalue weighted by Gasteiger charge is 2.38. The molecule has 5 aromatic rings. The van der Waals surface area contributed by atoms with Crippen molar-refractivity contribution in [2.75, 3.05) is 33.7 Å². The second-order valence-corrected chi connectivity index (χ2v) is 12.8. The molecule has 0 unspecified atom stereocenters. The number of ketones is 1. The lowest BCUT2D eigenvalue weighted by Gasteiger charge is -2.37. The van der Waals surface area contributed by atoms with Crippen LogP contribution in [0, 0.1) is 5.82 Å². The first-order valence-corrected chi connectivity index (χ1v) is 16.6. The number of fused-ring (bicyclic) bond motifs is 1. The van der Waals surface area contributed by atoms with Crippen molar-refractivity contribution in [3.8, 4) is 16.8 Å². The van der Waals surface area contributed by atoms with Crippen molar-refractivity contribution >= 4 is 35.2 Å². The van der Waals surface area contributed by atoms with Crippen LogP contribution < -0.4 is 5.32 Å². The number of carbonyl (C=O) groups is 4. The SMILES string of the molecule is CN(C)CCNC(=O)c1ccc(-c2cccc3c2CCN(C(=O)c2cn(-c4cccc(Cl)c4F)nn2)[C@@H]3C(=O)Cc2ccc(C(=O)O)cc2)cc1. The molecule has 260 valence electrons. The maximum atomic E-state index is 14.8. The van der Waals surface area contributed by atoms with Gasteiger partial charge in [0.2, 0.25) is 0 Å². The van der Waals surface area contributed by atoms with Crippen molar-refractivity contribution in [2.24, 2.45) is 0 Å². The van der Waals surface area contributed by atoms with Crippen molar-refractivity contribution in [1.29, 1.82) is 0 Å². The number of benzene rings is 4. The first-order valence-electron chi connectivity index (χ1n) is 16.2. The third-order valence-electron chi connectivity index (χ3n) is 8.76. The topological polar surface area (TPSA) is 138 Å². The van der Waals surface area contributed by atoms with Gasteiger partial charge < -0.3 is 20.2 Å². The van der Waals surface area contributed by atoms with Gasteiger partial charge in [-0.1, -0.05) is 65.3 Å². The van der Waals surface area contributed by atoms with Gasteiger partial charge in [-0.05, 0) is 84.7 Å². The quantitative estimate of drug-likeness (QED) is 0.190. The van der Waals surface area contributed by atoms with Crippen molar-refractivity contribution < 1.29 is 28.7 Å². The van der Waals surface area contributed by atoms with E-state index in [1.165, 1.54) is 35.4 Å². The second-order valence-electron chi connectivity index (χ2n) is 12.4. The largest absolute Gasteiger partial charge is 0.478 e. The monoisotopic (exact) mass is 708 g/mol. The van der Waals surface area contributed by atoms with Gasteiger partial charge >= 0.3 is 5.97 Å². The molecule has 0 spiro atoms. The second kappa shape index (κ2) is 15.0. The standard InChI is InChI=1S/C38H34ClFN6O5/c1-44(2)20-18-41-36(48)25-15-13-24(14-16-25)27-5-3-6-29-28(27)17-19-45(35(29)33(47)21-23-9-11-26(12-10-23)38(50)51)37(49)31-22-46(43-42-31)32-8-4-7-30(39)34(32)40/h3-16,22,35H,17-21H2,1-2H3,(H,41,48)(H,50,51)/t35-/m0/s1. The van der Waals surface area contributed by atoms with E-state index in [2.05, 4.69) is 15.6 Å². The molecule has 0 aliphatic carbocycles. The van der Waals surface area contributed by atoms with Gasteiger partial charge in [0.15, 0.2) is 17.3 Å². The van der Waals surface area contributed by atoms with E-state index in [1.54, 1.807) is 30.3 Å². The van der Waals surface area contributed by atoms with Crippen LogP contribution in [0.4, 0.5) is 4.39 Å². The molecule has 0 fully saturated rings. The fraction of sp³-hybridized carbons (Fsp3) is 0.211. The van der Waals surface area contributed by atoms with Crippen LogP contribution in [0.25, 0.3) is 16.8 Å².